The smallest absolute Gasteiger partial charge is 0.251 e. The molecular formula is C16H22N2O3. The van der Waals surface area contributed by atoms with Crippen molar-refractivity contribution < 1.29 is 14.3 Å². The highest BCUT2D eigenvalue weighted by Gasteiger charge is 2.35. The van der Waals surface area contributed by atoms with E-state index in [4.69, 9.17) is 15.2 Å². The van der Waals surface area contributed by atoms with Crippen molar-refractivity contribution in [1.82, 2.24) is 5.32 Å². The highest BCUT2D eigenvalue weighted by atomic mass is 16.7. The predicted octanol–water partition coefficient (Wildman–Crippen LogP) is 2.05. The molecule has 0 saturated heterocycles. The van der Waals surface area contributed by atoms with Crippen LogP contribution in [0, 0.1) is 5.92 Å². The number of carbonyl (C=O) groups is 1. The maximum atomic E-state index is 12.5. The average molecular weight is 290 g/mol. The molecule has 5 heteroatoms. The number of amides is 1. The van der Waals surface area contributed by atoms with E-state index in [0.29, 0.717) is 29.5 Å². The molecule has 1 aromatic carbocycles. The Bertz CT molecular complexity index is 546. The molecular weight excluding hydrogens is 268 g/mol. The predicted molar refractivity (Wildman–Crippen MR) is 79.4 cm³/mol. The van der Waals surface area contributed by atoms with E-state index >= 15 is 0 Å². The normalized spacial score (nSPS) is 27.4. The lowest BCUT2D eigenvalue weighted by molar-refractivity contribution is 0.0853. The van der Waals surface area contributed by atoms with Crippen molar-refractivity contribution in [2.45, 2.75) is 38.1 Å². The Morgan fingerprint density at radius 1 is 1.43 bits per heavy atom. The van der Waals surface area contributed by atoms with Crippen LogP contribution < -0.4 is 20.5 Å². The number of hydrogen-bond donors (Lipinski definition) is 2. The number of ether oxygens (including phenoxy) is 2. The van der Waals surface area contributed by atoms with Gasteiger partial charge in [-0.2, -0.15) is 0 Å². The first-order valence-corrected chi connectivity index (χ1v) is 7.54. The zero-order chi connectivity index (χ0) is 14.9. The summed E-state index contributed by atoms with van der Waals surface area (Å²) in [6.07, 6.45) is 4.21. The van der Waals surface area contributed by atoms with Crippen molar-refractivity contribution in [3.8, 4) is 11.5 Å². The highest BCUT2D eigenvalue weighted by Crippen LogP contribution is 2.34. The van der Waals surface area contributed by atoms with Crippen molar-refractivity contribution in [2.75, 3.05) is 13.3 Å². The van der Waals surface area contributed by atoms with Gasteiger partial charge in [0, 0.05) is 12.1 Å². The van der Waals surface area contributed by atoms with E-state index in [2.05, 4.69) is 12.2 Å². The Hall–Kier alpha value is -1.75. The largest absolute Gasteiger partial charge is 0.454 e. The van der Waals surface area contributed by atoms with Gasteiger partial charge in [0.25, 0.3) is 5.91 Å². The number of hydrogen-bond acceptors (Lipinski definition) is 4. The van der Waals surface area contributed by atoms with Crippen LogP contribution in [0.3, 0.4) is 0 Å². The van der Waals surface area contributed by atoms with Crippen molar-refractivity contribution in [3.63, 3.8) is 0 Å². The van der Waals surface area contributed by atoms with Crippen LogP contribution >= 0.6 is 0 Å². The zero-order valence-corrected chi connectivity index (χ0v) is 12.4. The molecule has 3 rings (SSSR count). The van der Waals surface area contributed by atoms with Gasteiger partial charge in [0.1, 0.15) is 0 Å². The van der Waals surface area contributed by atoms with Crippen molar-refractivity contribution >= 4 is 5.91 Å². The minimum absolute atomic E-state index is 0.0900. The summed E-state index contributed by atoms with van der Waals surface area (Å²) in [7, 11) is 0. The fourth-order valence-electron chi connectivity index (χ4n) is 3.36. The molecule has 2 aliphatic rings. The van der Waals surface area contributed by atoms with Gasteiger partial charge in [0.05, 0.1) is 5.54 Å². The third kappa shape index (κ3) is 2.83. The van der Waals surface area contributed by atoms with Gasteiger partial charge in [-0.25, -0.2) is 0 Å². The summed E-state index contributed by atoms with van der Waals surface area (Å²) in [4.78, 5) is 12.5. The van der Waals surface area contributed by atoms with Gasteiger partial charge >= 0.3 is 0 Å². The maximum Gasteiger partial charge on any atom is 0.251 e. The van der Waals surface area contributed by atoms with Crippen LogP contribution in [0.4, 0.5) is 0 Å². The van der Waals surface area contributed by atoms with Crippen LogP contribution in [0.2, 0.25) is 0 Å². The van der Waals surface area contributed by atoms with E-state index in [1.54, 1.807) is 18.2 Å². The van der Waals surface area contributed by atoms with E-state index in [9.17, 15) is 4.79 Å². The SMILES string of the molecule is CC1CCCC(CN)(NC(=O)c2ccc3c(c2)OCO3)C1. The van der Waals surface area contributed by atoms with Crippen LogP contribution in [-0.2, 0) is 0 Å². The lowest BCUT2D eigenvalue weighted by atomic mass is 9.76. The molecule has 1 amide bonds. The molecule has 0 radical (unpaired) electrons. The van der Waals surface area contributed by atoms with E-state index in [0.717, 1.165) is 19.3 Å². The minimum Gasteiger partial charge on any atom is -0.454 e. The summed E-state index contributed by atoms with van der Waals surface area (Å²) >= 11 is 0. The summed E-state index contributed by atoms with van der Waals surface area (Å²) in [5.41, 5.74) is 6.27. The Morgan fingerprint density at radius 2 is 2.24 bits per heavy atom. The fourth-order valence-corrected chi connectivity index (χ4v) is 3.36. The van der Waals surface area contributed by atoms with E-state index < -0.39 is 0 Å². The van der Waals surface area contributed by atoms with Gasteiger partial charge in [-0.15, -0.1) is 0 Å². The van der Waals surface area contributed by atoms with Crippen LogP contribution in [0.15, 0.2) is 18.2 Å². The Labute approximate surface area is 124 Å². The maximum absolute atomic E-state index is 12.5. The van der Waals surface area contributed by atoms with Gasteiger partial charge in [0.15, 0.2) is 11.5 Å². The minimum atomic E-state index is -0.273. The molecule has 21 heavy (non-hydrogen) atoms. The molecule has 1 aliphatic heterocycles. The number of fused-ring (bicyclic) bond motifs is 1. The molecule has 2 atom stereocenters. The second-order valence-electron chi connectivity index (χ2n) is 6.21. The summed E-state index contributed by atoms with van der Waals surface area (Å²) in [6.45, 7) is 2.91. The third-order valence-corrected chi connectivity index (χ3v) is 4.50. The molecule has 0 bridgehead atoms. The van der Waals surface area contributed by atoms with E-state index in [1.165, 1.54) is 6.42 Å². The number of carbonyl (C=O) groups excluding carboxylic acids is 1. The molecule has 1 heterocycles. The second kappa shape index (κ2) is 5.56. The van der Waals surface area contributed by atoms with Gasteiger partial charge in [-0.05, 0) is 37.0 Å². The van der Waals surface area contributed by atoms with Crippen LogP contribution in [0.5, 0.6) is 11.5 Å². The summed E-state index contributed by atoms with van der Waals surface area (Å²) < 4.78 is 10.6. The number of rotatable bonds is 3. The fraction of sp³-hybridized carbons (Fsp3) is 0.562. The summed E-state index contributed by atoms with van der Waals surface area (Å²) in [6, 6.07) is 5.27. The first kappa shape index (κ1) is 14.2. The molecule has 2 unspecified atom stereocenters. The topological polar surface area (TPSA) is 73.6 Å². The Kier molecular flexibility index (Phi) is 3.76. The quantitative estimate of drug-likeness (QED) is 0.893. The van der Waals surface area contributed by atoms with Crippen LogP contribution in [-0.4, -0.2) is 24.8 Å². The summed E-state index contributed by atoms with van der Waals surface area (Å²) in [5, 5.41) is 3.16. The van der Waals surface area contributed by atoms with Crippen molar-refractivity contribution in [1.29, 1.82) is 0 Å². The molecule has 114 valence electrons. The molecule has 3 N–H and O–H groups in total. The second-order valence-corrected chi connectivity index (χ2v) is 6.21. The molecule has 1 aromatic rings. The molecule has 1 saturated carbocycles. The molecule has 0 aromatic heterocycles. The van der Waals surface area contributed by atoms with Gasteiger partial charge in [0.2, 0.25) is 6.79 Å². The van der Waals surface area contributed by atoms with Gasteiger partial charge < -0.3 is 20.5 Å². The first-order valence-electron chi connectivity index (χ1n) is 7.54. The van der Waals surface area contributed by atoms with Crippen LogP contribution in [0.25, 0.3) is 0 Å². The Balaban J connectivity index is 1.75. The third-order valence-electron chi connectivity index (χ3n) is 4.50. The van der Waals surface area contributed by atoms with Crippen molar-refractivity contribution in [2.24, 2.45) is 11.7 Å². The first-order chi connectivity index (χ1) is 10.1. The Morgan fingerprint density at radius 3 is 3.00 bits per heavy atom. The van der Waals surface area contributed by atoms with Gasteiger partial charge in [-0.3, -0.25) is 4.79 Å². The molecule has 1 aliphatic carbocycles. The molecule has 0 spiro atoms. The van der Waals surface area contributed by atoms with Crippen molar-refractivity contribution in [3.05, 3.63) is 23.8 Å². The standard InChI is InChI=1S/C16H22N2O3/c1-11-3-2-6-16(8-11,9-17)18-15(19)12-4-5-13-14(7-12)21-10-20-13/h4-5,7,11H,2-3,6,8-10,17H2,1H3,(H,18,19). The monoisotopic (exact) mass is 290 g/mol. The van der Waals surface area contributed by atoms with Crippen LogP contribution in [0.1, 0.15) is 43.0 Å². The van der Waals surface area contributed by atoms with E-state index in [-0.39, 0.29) is 18.2 Å². The number of benzene rings is 1. The average Bonchev–Trinajstić information content (AvgIpc) is 2.94. The number of nitrogens with two attached hydrogens (primary N) is 1. The number of nitrogens with one attached hydrogen (secondary N) is 1. The van der Waals surface area contributed by atoms with E-state index in [1.807, 2.05) is 0 Å². The molecule has 1 fully saturated rings. The summed E-state index contributed by atoms with van der Waals surface area (Å²) in [5.74, 6) is 1.82. The highest BCUT2D eigenvalue weighted by molar-refractivity contribution is 5.95. The lowest BCUT2D eigenvalue weighted by Gasteiger charge is -2.40. The zero-order valence-electron chi connectivity index (χ0n) is 12.4. The lowest BCUT2D eigenvalue weighted by Crippen LogP contribution is -2.56. The van der Waals surface area contributed by atoms with Gasteiger partial charge in [-0.1, -0.05) is 19.8 Å². The molecule has 5 nitrogen and oxygen atoms in total.